The van der Waals surface area contributed by atoms with Crippen molar-refractivity contribution < 1.29 is 4.79 Å². The van der Waals surface area contributed by atoms with Crippen molar-refractivity contribution in [2.75, 3.05) is 0 Å². The Bertz CT molecular complexity index is 342. The lowest BCUT2D eigenvalue weighted by Gasteiger charge is -2.19. The SMILES string of the molecule is C=CCCC1=C(C)CCCC1=NNC(N)=O. The molecule has 0 aromatic heterocycles. The van der Waals surface area contributed by atoms with Crippen LogP contribution in [0.1, 0.15) is 39.0 Å². The molecule has 0 spiro atoms. The number of nitrogens with one attached hydrogen (secondary N) is 1. The van der Waals surface area contributed by atoms with E-state index >= 15 is 0 Å². The van der Waals surface area contributed by atoms with Gasteiger partial charge >= 0.3 is 6.03 Å². The third kappa shape index (κ3) is 3.53. The Hall–Kier alpha value is -1.58. The maximum atomic E-state index is 10.6. The second-order valence-corrected chi connectivity index (χ2v) is 3.97. The Labute approximate surface area is 96.3 Å². The van der Waals surface area contributed by atoms with E-state index in [1.807, 2.05) is 6.08 Å². The van der Waals surface area contributed by atoms with Crippen LogP contribution < -0.4 is 11.2 Å². The zero-order chi connectivity index (χ0) is 12.0. The van der Waals surface area contributed by atoms with Crippen LogP contribution >= 0.6 is 0 Å². The molecule has 1 aliphatic rings. The van der Waals surface area contributed by atoms with Crippen molar-refractivity contribution in [1.29, 1.82) is 0 Å². The van der Waals surface area contributed by atoms with E-state index in [2.05, 4.69) is 24.0 Å². The predicted molar refractivity (Wildman–Crippen MR) is 66.1 cm³/mol. The highest BCUT2D eigenvalue weighted by Crippen LogP contribution is 2.25. The standard InChI is InChI=1S/C12H19N3O/c1-3-4-7-10-9(2)6-5-8-11(10)14-15-12(13)16/h3H,1,4-8H2,2H3,(H3,13,15,16). The number of nitrogens with two attached hydrogens (primary N) is 1. The third-order valence-electron chi connectivity index (χ3n) is 2.73. The lowest BCUT2D eigenvalue weighted by Crippen LogP contribution is -2.27. The molecule has 0 saturated heterocycles. The minimum atomic E-state index is -0.612. The fourth-order valence-corrected chi connectivity index (χ4v) is 1.92. The molecule has 0 bridgehead atoms. The van der Waals surface area contributed by atoms with Gasteiger partial charge in [-0.15, -0.1) is 6.58 Å². The molecule has 0 saturated carbocycles. The monoisotopic (exact) mass is 221 g/mol. The second-order valence-electron chi connectivity index (χ2n) is 3.97. The molecule has 0 unspecified atom stereocenters. The molecule has 0 atom stereocenters. The summed E-state index contributed by atoms with van der Waals surface area (Å²) in [6, 6.07) is -0.612. The molecule has 0 radical (unpaired) electrons. The number of allylic oxidation sites excluding steroid dienone is 3. The van der Waals surface area contributed by atoms with Gasteiger partial charge in [0, 0.05) is 0 Å². The summed E-state index contributed by atoms with van der Waals surface area (Å²) in [6.45, 7) is 5.84. The normalized spacial score (nSPS) is 18.7. The minimum Gasteiger partial charge on any atom is -0.350 e. The van der Waals surface area contributed by atoms with Crippen LogP contribution in [0.5, 0.6) is 0 Å². The molecular weight excluding hydrogens is 202 g/mol. The summed E-state index contributed by atoms with van der Waals surface area (Å²) in [6.07, 6.45) is 6.87. The lowest BCUT2D eigenvalue weighted by atomic mass is 9.88. The number of carbonyl (C=O) groups is 1. The van der Waals surface area contributed by atoms with Crippen LogP contribution in [-0.2, 0) is 0 Å². The molecule has 3 N–H and O–H groups in total. The van der Waals surface area contributed by atoms with E-state index in [0.29, 0.717) is 0 Å². The first-order valence-corrected chi connectivity index (χ1v) is 5.57. The Morgan fingerprint density at radius 1 is 1.62 bits per heavy atom. The quantitative estimate of drug-likeness (QED) is 0.555. The van der Waals surface area contributed by atoms with Gasteiger partial charge in [-0.3, -0.25) is 0 Å². The fourth-order valence-electron chi connectivity index (χ4n) is 1.92. The molecule has 2 amide bonds. The smallest absolute Gasteiger partial charge is 0.332 e. The molecule has 16 heavy (non-hydrogen) atoms. The van der Waals surface area contributed by atoms with Crippen LogP contribution in [0.3, 0.4) is 0 Å². The van der Waals surface area contributed by atoms with Gasteiger partial charge in [0.15, 0.2) is 0 Å². The van der Waals surface area contributed by atoms with Crippen LogP contribution in [-0.4, -0.2) is 11.7 Å². The van der Waals surface area contributed by atoms with E-state index in [-0.39, 0.29) is 0 Å². The van der Waals surface area contributed by atoms with Gasteiger partial charge in [0.2, 0.25) is 0 Å². The number of carbonyl (C=O) groups excluding carboxylic acids is 1. The number of nitrogens with zero attached hydrogens (tertiary/aromatic N) is 1. The van der Waals surface area contributed by atoms with E-state index in [0.717, 1.165) is 37.8 Å². The maximum absolute atomic E-state index is 10.6. The summed E-state index contributed by atoms with van der Waals surface area (Å²) < 4.78 is 0. The molecule has 1 aliphatic carbocycles. The third-order valence-corrected chi connectivity index (χ3v) is 2.73. The first-order valence-electron chi connectivity index (χ1n) is 5.57. The molecule has 0 aliphatic heterocycles. The van der Waals surface area contributed by atoms with Gasteiger partial charge in [-0.25, -0.2) is 10.2 Å². The van der Waals surface area contributed by atoms with Crippen LogP contribution in [0.25, 0.3) is 0 Å². The highest BCUT2D eigenvalue weighted by molar-refractivity contribution is 6.01. The average Bonchev–Trinajstić information content (AvgIpc) is 2.25. The zero-order valence-electron chi connectivity index (χ0n) is 9.75. The van der Waals surface area contributed by atoms with Gasteiger partial charge in [0.1, 0.15) is 0 Å². The predicted octanol–water partition coefficient (Wildman–Crippen LogP) is 2.48. The van der Waals surface area contributed by atoms with Crippen molar-refractivity contribution >= 4 is 11.7 Å². The number of primary amides is 1. The first kappa shape index (κ1) is 12.5. The Morgan fingerprint density at radius 2 is 2.38 bits per heavy atom. The summed E-state index contributed by atoms with van der Waals surface area (Å²) >= 11 is 0. The van der Waals surface area contributed by atoms with Crippen molar-refractivity contribution in [3.05, 3.63) is 23.8 Å². The van der Waals surface area contributed by atoms with Crippen LogP contribution in [0, 0.1) is 0 Å². The maximum Gasteiger partial charge on any atom is 0.332 e. The van der Waals surface area contributed by atoms with Gasteiger partial charge in [-0.05, 0) is 44.6 Å². The van der Waals surface area contributed by atoms with Crippen LogP contribution in [0.15, 0.2) is 28.9 Å². The largest absolute Gasteiger partial charge is 0.350 e. The molecular formula is C12H19N3O. The highest BCUT2D eigenvalue weighted by Gasteiger charge is 2.15. The summed E-state index contributed by atoms with van der Waals surface area (Å²) in [5.74, 6) is 0. The van der Waals surface area contributed by atoms with Gasteiger partial charge in [-0.1, -0.05) is 11.6 Å². The van der Waals surface area contributed by atoms with Crippen molar-refractivity contribution in [1.82, 2.24) is 5.43 Å². The fraction of sp³-hybridized carbons (Fsp3) is 0.500. The lowest BCUT2D eigenvalue weighted by molar-refractivity contribution is 0.249. The number of urea groups is 1. The number of rotatable bonds is 4. The molecule has 0 aromatic carbocycles. The highest BCUT2D eigenvalue weighted by atomic mass is 16.2. The molecule has 4 heteroatoms. The molecule has 1 rings (SSSR count). The van der Waals surface area contributed by atoms with Crippen LogP contribution in [0.2, 0.25) is 0 Å². The minimum absolute atomic E-state index is 0.612. The van der Waals surface area contributed by atoms with Gasteiger partial charge in [0.25, 0.3) is 0 Å². The van der Waals surface area contributed by atoms with Crippen molar-refractivity contribution in [3.8, 4) is 0 Å². The van der Waals surface area contributed by atoms with Gasteiger partial charge in [-0.2, -0.15) is 5.10 Å². The number of hydrazone groups is 1. The molecule has 4 nitrogen and oxygen atoms in total. The van der Waals surface area contributed by atoms with E-state index in [1.165, 1.54) is 11.1 Å². The molecule has 0 aromatic rings. The second kappa shape index (κ2) is 6.10. The zero-order valence-corrected chi connectivity index (χ0v) is 9.75. The summed E-state index contributed by atoms with van der Waals surface area (Å²) in [7, 11) is 0. The first-order chi connectivity index (χ1) is 7.65. The molecule has 0 heterocycles. The number of hydrogen-bond acceptors (Lipinski definition) is 2. The molecule has 88 valence electrons. The van der Waals surface area contributed by atoms with Gasteiger partial charge in [0.05, 0.1) is 5.71 Å². The summed E-state index contributed by atoms with van der Waals surface area (Å²) in [5, 5.41) is 4.07. The summed E-state index contributed by atoms with van der Waals surface area (Å²) in [4.78, 5) is 10.6. The Balaban J connectivity index is 2.80. The van der Waals surface area contributed by atoms with E-state index in [9.17, 15) is 4.79 Å². The topological polar surface area (TPSA) is 67.5 Å². The number of hydrogen-bond donors (Lipinski definition) is 2. The van der Waals surface area contributed by atoms with Gasteiger partial charge < -0.3 is 5.73 Å². The Morgan fingerprint density at radius 3 is 3.00 bits per heavy atom. The molecule has 0 fully saturated rings. The number of amides is 2. The average molecular weight is 221 g/mol. The van der Waals surface area contributed by atoms with E-state index in [4.69, 9.17) is 5.73 Å². The summed E-state index contributed by atoms with van der Waals surface area (Å²) in [5.41, 5.74) is 10.9. The van der Waals surface area contributed by atoms with Crippen molar-refractivity contribution in [2.24, 2.45) is 10.8 Å². The Kier molecular flexibility index (Phi) is 4.76. The van der Waals surface area contributed by atoms with Crippen molar-refractivity contribution in [3.63, 3.8) is 0 Å². The van der Waals surface area contributed by atoms with Crippen molar-refractivity contribution in [2.45, 2.75) is 39.0 Å². The van der Waals surface area contributed by atoms with Crippen LogP contribution in [0.4, 0.5) is 4.79 Å². The van der Waals surface area contributed by atoms with E-state index in [1.54, 1.807) is 0 Å². The van der Waals surface area contributed by atoms with E-state index < -0.39 is 6.03 Å².